The standard InChI is InChI=1S/C7H11N5/c1-6(9-2)5-12-10-4-7(3-8)11-12/h4,6,9H,5H2,1-2H3. The van der Waals surface area contributed by atoms with Gasteiger partial charge in [0.2, 0.25) is 0 Å². The van der Waals surface area contributed by atoms with Crippen LogP contribution in [0.1, 0.15) is 12.6 Å². The van der Waals surface area contributed by atoms with Gasteiger partial charge in [0.15, 0.2) is 5.69 Å². The Morgan fingerprint density at radius 2 is 2.58 bits per heavy atom. The Morgan fingerprint density at radius 3 is 3.08 bits per heavy atom. The molecule has 0 spiro atoms. The van der Waals surface area contributed by atoms with E-state index in [4.69, 9.17) is 5.26 Å². The zero-order valence-corrected chi connectivity index (χ0v) is 7.15. The van der Waals surface area contributed by atoms with Gasteiger partial charge in [0.25, 0.3) is 0 Å². The highest BCUT2D eigenvalue weighted by molar-refractivity contribution is 5.12. The average Bonchev–Trinajstić information content (AvgIpc) is 2.52. The summed E-state index contributed by atoms with van der Waals surface area (Å²) < 4.78 is 0. The fraction of sp³-hybridized carbons (Fsp3) is 0.571. The van der Waals surface area contributed by atoms with E-state index < -0.39 is 0 Å². The first kappa shape index (κ1) is 8.68. The molecule has 0 amide bonds. The Balaban J connectivity index is 2.59. The summed E-state index contributed by atoms with van der Waals surface area (Å²) >= 11 is 0. The van der Waals surface area contributed by atoms with Crippen molar-refractivity contribution < 1.29 is 0 Å². The van der Waals surface area contributed by atoms with Crippen molar-refractivity contribution in [2.45, 2.75) is 19.5 Å². The molecule has 0 aliphatic carbocycles. The number of nitrogens with zero attached hydrogens (tertiary/aromatic N) is 4. The summed E-state index contributed by atoms with van der Waals surface area (Å²) in [5.74, 6) is 0. The molecule has 0 aromatic carbocycles. The van der Waals surface area contributed by atoms with Crippen LogP contribution in [0.4, 0.5) is 0 Å². The lowest BCUT2D eigenvalue weighted by Crippen LogP contribution is -2.27. The molecule has 1 aromatic heterocycles. The Labute approximate surface area is 71.0 Å². The molecule has 1 atom stereocenters. The topological polar surface area (TPSA) is 66.5 Å². The van der Waals surface area contributed by atoms with E-state index in [2.05, 4.69) is 15.5 Å². The Morgan fingerprint density at radius 1 is 1.83 bits per heavy atom. The van der Waals surface area contributed by atoms with Crippen molar-refractivity contribution in [3.63, 3.8) is 0 Å². The summed E-state index contributed by atoms with van der Waals surface area (Å²) in [6.07, 6.45) is 1.46. The van der Waals surface area contributed by atoms with Crippen LogP contribution in [0.3, 0.4) is 0 Å². The third kappa shape index (κ3) is 2.04. The zero-order valence-electron chi connectivity index (χ0n) is 7.15. The van der Waals surface area contributed by atoms with E-state index in [9.17, 15) is 0 Å². The van der Waals surface area contributed by atoms with Crippen LogP contribution in [0.2, 0.25) is 0 Å². The second-order valence-corrected chi connectivity index (χ2v) is 2.59. The molecule has 0 saturated heterocycles. The molecule has 1 rings (SSSR count). The summed E-state index contributed by atoms with van der Waals surface area (Å²) in [7, 11) is 1.87. The Hall–Kier alpha value is -1.41. The van der Waals surface area contributed by atoms with Gasteiger partial charge in [-0.3, -0.25) is 0 Å². The molecule has 12 heavy (non-hydrogen) atoms. The quantitative estimate of drug-likeness (QED) is 0.671. The lowest BCUT2D eigenvalue weighted by Gasteiger charge is -2.07. The van der Waals surface area contributed by atoms with Crippen molar-refractivity contribution in [1.29, 1.82) is 5.26 Å². The van der Waals surface area contributed by atoms with Gasteiger partial charge in [-0.1, -0.05) is 0 Å². The third-order valence-corrected chi connectivity index (χ3v) is 1.58. The smallest absolute Gasteiger partial charge is 0.182 e. The van der Waals surface area contributed by atoms with Crippen LogP contribution in [0, 0.1) is 11.3 Å². The van der Waals surface area contributed by atoms with E-state index in [0.717, 1.165) is 0 Å². The predicted molar refractivity (Wildman–Crippen MR) is 43.3 cm³/mol. The second-order valence-electron chi connectivity index (χ2n) is 2.59. The summed E-state index contributed by atoms with van der Waals surface area (Å²) in [6, 6.07) is 2.23. The normalized spacial score (nSPS) is 12.4. The first-order valence-corrected chi connectivity index (χ1v) is 3.73. The second kappa shape index (κ2) is 3.83. The minimum Gasteiger partial charge on any atom is -0.315 e. The first-order valence-electron chi connectivity index (χ1n) is 3.73. The van der Waals surface area contributed by atoms with Crippen molar-refractivity contribution >= 4 is 0 Å². The molecule has 0 fully saturated rings. The van der Waals surface area contributed by atoms with Crippen LogP contribution in [-0.4, -0.2) is 28.1 Å². The van der Waals surface area contributed by atoms with Crippen LogP contribution in [-0.2, 0) is 6.54 Å². The highest BCUT2D eigenvalue weighted by Gasteiger charge is 2.02. The number of likely N-dealkylation sites (N-methyl/N-ethyl adjacent to an activating group) is 1. The monoisotopic (exact) mass is 165 g/mol. The van der Waals surface area contributed by atoms with Crippen LogP contribution < -0.4 is 5.32 Å². The van der Waals surface area contributed by atoms with Gasteiger partial charge in [-0.2, -0.15) is 15.2 Å². The highest BCUT2D eigenvalue weighted by atomic mass is 15.5. The number of nitrogens with one attached hydrogen (secondary N) is 1. The van der Waals surface area contributed by atoms with Crippen LogP contribution >= 0.6 is 0 Å². The van der Waals surface area contributed by atoms with E-state index in [1.807, 2.05) is 20.0 Å². The van der Waals surface area contributed by atoms with Crippen molar-refractivity contribution in [3.8, 4) is 6.07 Å². The van der Waals surface area contributed by atoms with Gasteiger partial charge in [-0.05, 0) is 14.0 Å². The van der Waals surface area contributed by atoms with E-state index in [1.165, 1.54) is 11.0 Å². The third-order valence-electron chi connectivity index (χ3n) is 1.58. The SMILES string of the molecule is CNC(C)Cn1ncc(C#N)n1. The summed E-state index contributed by atoms with van der Waals surface area (Å²) in [5, 5.41) is 19.4. The minimum absolute atomic E-state index is 0.309. The largest absolute Gasteiger partial charge is 0.315 e. The number of rotatable bonds is 3. The molecule has 1 heterocycles. The van der Waals surface area contributed by atoms with E-state index in [-0.39, 0.29) is 0 Å². The van der Waals surface area contributed by atoms with Crippen LogP contribution in [0.5, 0.6) is 0 Å². The van der Waals surface area contributed by atoms with Gasteiger partial charge in [0.1, 0.15) is 6.07 Å². The van der Waals surface area contributed by atoms with E-state index in [0.29, 0.717) is 18.3 Å². The molecule has 0 saturated carbocycles. The molecule has 64 valence electrons. The van der Waals surface area contributed by atoms with Crippen LogP contribution in [0.15, 0.2) is 6.20 Å². The van der Waals surface area contributed by atoms with Gasteiger partial charge in [-0.15, -0.1) is 5.10 Å². The fourth-order valence-corrected chi connectivity index (χ4v) is 0.773. The Bertz CT molecular complexity index is 284. The lowest BCUT2D eigenvalue weighted by atomic mass is 10.3. The van der Waals surface area contributed by atoms with Crippen molar-refractivity contribution in [2.75, 3.05) is 7.05 Å². The Kier molecular flexibility index (Phi) is 2.77. The molecule has 1 unspecified atom stereocenters. The first-order chi connectivity index (χ1) is 5.76. The summed E-state index contributed by atoms with van der Waals surface area (Å²) in [6.45, 7) is 2.70. The molecule has 1 aromatic rings. The highest BCUT2D eigenvalue weighted by Crippen LogP contribution is 1.90. The number of nitriles is 1. The maximum atomic E-state index is 8.46. The van der Waals surface area contributed by atoms with Gasteiger partial charge in [0.05, 0.1) is 12.7 Å². The molecular formula is C7H11N5. The molecule has 0 radical (unpaired) electrons. The van der Waals surface area contributed by atoms with Crippen molar-refractivity contribution in [3.05, 3.63) is 11.9 Å². The van der Waals surface area contributed by atoms with Gasteiger partial charge in [0, 0.05) is 6.04 Å². The number of hydrogen-bond acceptors (Lipinski definition) is 4. The fourth-order valence-electron chi connectivity index (χ4n) is 0.773. The molecular weight excluding hydrogens is 154 g/mol. The van der Waals surface area contributed by atoms with E-state index >= 15 is 0 Å². The van der Waals surface area contributed by atoms with E-state index in [1.54, 1.807) is 0 Å². The van der Waals surface area contributed by atoms with Crippen molar-refractivity contribution in [1.82, 2.24) is 20.3 Å². The average molecular weight is 165 g/mol. The minimum atomic E-state index is 0.309. The van der Waals surface area contributed by atoms with Gasteiger partial charge in [-0.25, -0.2) is 0 Å². The predicted octanol–water partition coefficient (Wildman–Crippen LogP) is -0.242. The number of aromatic nitrogens is 3. The lowest BCUT2D eigenvalue weighted by molar-refractivity contribution is 0.440. The van der Waals surface area contributed by atoms with Gasteiger partial charge < -0.3 is 5.32 Å². The zero-order chi connectivity index (χ0) is 8.97. The summed E-state index contributed by atoms with van der Waals surface area (Å²) in [5.41, 5.74) is 0.360. The molecule has 0 aliphatic rings. The molecule has 0 bridgehead atoms. The van der Waals surface area contributed by atoms with Crippen molar-refractivity contribution in [2.24, 2.45) is 0 Å². The maximum absolute atomic E-state index is 8.46. The number of hydrogen-bond donors (Lipinski definition) is 1. The molecule has 0 aliphatic heterocycles. The maximum Gasteiger partial charge on any atom is 0.182 e. The molecule has 5 nitrogen and oxygen atoms in total. The molecule has 1 N–H and O–H groups in total. The van der Waals surface area contributed by atoms with Crippen LogP contribution in [0.25, 0.3) is 0 Å². The molecule has 5 heteroatoms. The summed E-state index contributed by atoms with van der Waals surface area (Å²) in [4.78, 5) is 1.51. The van der Waals surface area contributed by atoms with Gasteiger partial charge >= 0.3 is 0 Å².